The number of hydrogen-bond donors (Lipinski definition) is 2. The summed E-state index contributed by atoms with van der Waals surface area (Å²) in [5.74, 6) is 0.344. The van der Waals surface area contributed by atoms with Gasteiger partial charge in [-0.15, -0.1) is 0 Å². The molecule has 0 bridgehead atoms. The Morgan fingerprint density at radius 2 is 2.00 bits per heavy atom. The molecule has 0 radical (unpaired) electrons. The summed E-state index contributed by atoms with van der Waals surface area (Å²) in [5, 5.41) is 16.3. The molecule has 0 spiro atoms. The van der Waals surface area contributed by atoms with Crippen LogP contribution in [0.15, 0.2) is 0 Å². The Labute approximate surface area is 50.1 Å². The van der Waals surface area contributed by atoms with E-state index in [2.05, 4.69) is 4.57 Å². The highest BCUT2D eigenvalue weighted by molar-refractivity contribution is 6.46. The summed E-state index contributed by atoms with van der Waals surface area (Å²) in [4.78, 5) is 0. The van der Waals surface area contributed by atoms with Gasteiger partial charge in [0.1, 0.15) is 0 Å². The smallest absolute Gasteiger partial charge is 0.452 e. The molecule has 0 atom stereocenters. The highest BCUT2D eigenvalue weighted by Gasteiger charge is 2.09. The fourth-order valence-corrected chi connectivity index (χ4v) is 0.279. The van der Waals surface area contributed by atoms with E-state index in [0.29, 0.717) is 13.3 Å². The average molecular weight is 116 g/mol. The molecule has 0 heterocycles. The van der Waals surface area contributed by atoms with Crippen molar-refractivity contribution in [3.63, 3.8) is 0 Å². The van der Waals surface area contributed by atoms with Crippen molar-refractivity contribution in [1.29, 1.82) is 0 Å². The van der Waals surface area contributed by atoms with Gasteiger partial charge in [-0.25, -0.2) is 0 Å². The fourth-order valence-electron chi connectivity index (χ4n) is 0.279. The number of rotatable bonds is 3. The first kappa shape index (κ1) is 8.01. The van der Waals surface area contributed by atoms with E-state index in [4.69, 9.17) is 10.0 Å². The first-order valence-corrected chi connectivity index (χ1v) is 2.60. The van der Waals surface area contributed by atoms with Crippen LogP contribution in [0.4, 0.5) is 0 Å². The molecule has 0 aliphatic carbocycles. The zero-order valence-corrected chi connectivity index (χ0v) is 5.16. The average Bonchev–Trinajstić information content (AvgIpc) is 1.61. The Bertz CT molecular complexity index is 48.5. The van der Waals surface area contributed by atoms with Crippen molar-refractivity contribution in [1.82, 2.24) is 0 Å². The summed E-state index contributed by atoms with van der Waals surface area (Å²) in [7, 11) is -1.23. The van der Waals surface area contributed by atoms with Crippen LogP contribution in [0.3, 0.4) is 0 Å². The summed E-state index contributed by atoms with van der Waals surface area (Å²) in [6, 6.07) is 0. The zero-order chi connectivity index (χ0) is 6.57. The topological polar surface area (TPSA) is 49.7 Å². The van der Waals surface area contributed by atoms with Gasteiger partial charge in [-0.05, 0) is 5.82 Å². The SMILES string of the molecule is CC(C)BOB(O)O. The lowest BCUT2D eigenvalue weighted by Crippen LogP contribution is -2.20. The van der Waals surface area contributed by atoms with E-state index in [1.165, 1.54) is 0 Å². The molecule has 0 rings (SSSR count). The van der Waals surface area contributed by atoms with Crippen LogP contribution in [-0.4, -0.2) is 24.9 Å². The van der Waals surface area contributed by atoms with E-state index in [1.807, 2.05) is 13.8 Å². The van der Waals surface area contributed by atoms with E-state index in [-0.39, 0.29) is 0 Å². The van der Waals surface area contributed by atoms with Gasteiger partial charge < -0.3 is 14.6 Å². The fraction of sp³-hybridized carbons (Fsp3) is 1.00. The molecule has 0 saturated carbocycles. The van der Waals surface area contributed by atoms with Gasteiger partial charge in [0.15, 0.2) is 0 Å². The number of hydrogen-bond acceptors (Lipinski definition) is 3. The molecular formula is C3H10B2O3. The second kappa shape index (κ2) is 3.95. The van der Waals surface area contributed by atoms with Crippen LogP contribution in [0.1, 0.15) is 13.8 Å². The van der Waals surface area contributed by atoms with Crippen molar-refractivity contribution >= 4 is 14.8 Å². The predicted octanol–water partition coefficient (Wildman–Crippen LogP) is -0.848. The van der Waals surface area contributed by atoms with E-state index < -0.39 is 7.32 Å². The first-order chi connectivity index (χ1) is 3.63. The van der Waals surface area contributed by atoms with Gasteiger partial charge in [0.2, 0.25) is 0 Å². The van der Waals surface area contributed by atoms with Crippen molar-refractivity contribution in [3.8, 4) is 0 Å². The van der Waals surface area contributed by atoms with Crippen molar-refractivity contribution < 1.29 is 14.6 Å². The lowest BCUT2D eigenvalue weighted by molar-refractivity contribution is 0.293. The van der Waals surface area contributed by atoms with Crippen molar-refractivity contribution in [2.45, 2.75) is 19.7 Å². The maximum atomic E-state index is 8.13. The Morgan fingerprint density at radius 3 is 2.12 bits per heavy atom. The molecule has 0 amide bonds. The molecular weight excluding hydrogens is 106 g/mol. The van der Waals surface area contributed by atoms with Crippen LogP contribution >= 0.6 is 0 Å². The van der Waals surface area contributed by atoms with Gasteiger partial charge in [-0.1, -0.05) is 13.8 Å². The third kappa shape index (κ3) is 6.01. The first-order valence-electron chi connectivity index (χ1n) is 2.60. The normalized spacial score (nSPS) is 9.62. The summed E-state index contributed by atoms with van der Waals surface area (Å²) in [6.07, 6.45) is 0. The molecule has 0 saturated heterocycles. The highest BCUT2D eigenvalue weighted by atomic mass is 16.6. The van der Waals surface area contributed by atoms with E-state index in [0.717, 1.165) is 0 Å². The molecule has 2 N–H and O–H groups in total. The Hall–Kier alpha value is 0.00987. The van der Waals surface area contributed by atoms with Gasteiger partial charge in [0.25, 0.3) is 7.48 Å². The molecule has 0 fully saturated rings. The minimum Gasteiger partial charge on any atom is -0.452 e. The van der Waals surface area contributed by atoms with E-state index >= 15 is 0 Å². The third-order valence-corrected chi connectivity index (χ3v) is 0.579. The quantitative estimate of drug-likeness (QED) is 0.472. The predicted molar refractivity (Wildman–Crippen MR) is 33.5 cm³/mol. The zero-order valence-electron chi connectivity index (χ0n) is 5.16. The molecule has 46 valence electrons. The molecule has 5 heteroatoms. The summed E-state index contributed by atoms with van der Waals surface area (Å²) >= 11 is 0. The minimum absolute atomic E-state index is 0.344. The molecule has 8 heavy (non-hydrogen) atoms. The maximum Gasteiger partial charge on any atom is 0.618 e. The van der Waals surface area contributed by atoms with Crippen LogP contribution in [0.2, 0.25) is 5.82 Å². The van der Waals surface area contributed by atoms with Crippen LogP contribution < -0.4 is 0 Å². The Morgan fingerprint density at radius 1 is 1.50 bits per heavy atom. The molecule has 0 aliphatic heterocycles. The molecule has 3 nitrogen and oxygen atoms in total. The van der Waals surface area contributed by atoms with Crippen LogP contribution in [-0.2, 0) is 4.57 Å². The van der Waals surface area contributed by atoms with Gasteiger partial charge in [0, 0.05) is 0 Å². The molecule has 0 aromatic rings. The van der Waals surface area contributed by atoms with Gasteiger partial charge >= 0.3 is 7.32 Å². The Kier molecular flexibility index (Phi) is 3.95. The summed E-state index contributed by atoms with van der Waals surface area (Å²) < 4.78 is 4.41. The lowest BCUT2D eigenvalue weighted by Gasteiger charge is -2.01. The standard InChI is InChI=1S/C3H10B2O3/c1-3(2)4-8-5(6)7/h3-4,6-7H,1-2H3. The van der Waals surface area contributed by atoms with Gasteiger partial charge in [-0.2, -0.15) is 0 Å². The van der Waals surface area contributed by atoms with E-state index in [1.54, 1.807) is 0 Å². The van der Waals surface area contributed by atoms with Crippen molar-refractivity contribution in [2.24, 2.45) is 0 Å². The second-order valence-electron chi connectivity index (χ2n) is 2.05. The molecule has 0 aliphatic rings. The molecule has 0 aromatic heterocycles. The minimum atomic E-state index is -1.61. The van der Waals surface area contributed by atoms with Gasteiger partial charge in [0.05, 0.1) is 0 Å². The second-order valence-corrected chi connectivity index (χ2v) is 2.05. The summed E-state index contributed by atoms with van der Waals surface area (Å²) in [5.41, 5.74) is 0. The molecule has 0 aromatic carbocycles. The lowest BCUT2D eigenvalue weighted by atomic mass is 9.82. The van der Waals surface area contributed by atoms with Crippen molar-refractivity contribution in [2.75, 3.05) is 0 Å². The van der Waals surface area contributed by atoms with Gasteiger partial charge in [-0.3, -0.25) is 0 Å². The highest BCUT2D eigenvalue weighted by Crippen LogP contribution is 1.96. The van der Waals surface area contributed by atoms with Crippen LogP contribution in [0.5, 0.6) is 0 Å². The third-order valence-electron chi connectivity index (χ3n) is 0.579. The molecule has 0 unspecified atom stereocenters. The van der Waals surface area contributed by atoms with Crippen molar-refractivity contribution in [3.05, 3.63) is 0 Å². The monoisotopic (exact) mass is 116 g/mol. The van der Waals surface area contributed by atoms with Crippen LogP contribution in [0.25, 0.3) is 0 Å². The maximum absolute atomic E-state index is 8.13. The van der Waals surface area contributed by atoms with E-state index in [9.17, 15) is 0 Å². The van der Waals surface area contributed by atoms with Crippen LogP contribution in [0, 0.1) is 0 Å². The Balaban J connectivity index is 2.93. The largest absolute Gasteiger partial charge is 0.618 e. The summed E-state index contributed by atoms with van der Waals surface area (Å²) in [6.45, 7) is 3.87.